The van der Waals surface area contributed by atoms with Crippen molar-refractivity contribution in [3.63, 3.8) is 0 Å². The largest absolute Gasteiger partial charge is 0.456 e. The van der Waals surface area contributed by atoms with Crippen molar-refractivity contribution in [1.82, 2.24) is 10.9 Å². The van der Waals surface area contributed by atoms with Gasteiger partial charge >= 0.3 is 0 Å². The van der Waals surface area contributed by atoms with Crippen molar-refractivity contribution in [3.05, 3.63) is 35.7 Å². The Balaban J connectivity index is 2.12. The summed E-state index contributed by atoms with van der Waals surface area (Å²) in [5.41, 5.74) is 6.82. The van der Waals surface area contributed by atoms with Gasteiger partial charge in [-0.2, -0.15) is 0 Å². The van der Waals surface area contributed by atoms with Gasteiger partial charge in [0, 0.05) is 7.05 Å². The molecule has 0 unspecified atom stereocenters. The molecule has 0 fully saturated rings. The molecule has 2 aliphatic rings. The summed E-state index contributed by atoms with van der Waals surface area (Å²) in [5, 5.41) is 0. The fraction of sp³-hybridized carbons (Fsp3) is 0.182. The molecule has 1 aromatic rings. The first kappa shape index (κ1) is 9.23. The molecule has 0 atom stereocenters. The Labute approximate surface area is 92.7 Å². The number of hydrazine groups is 1. The zero-order valence-corrected chi connectivity index (χ0v) is 8.78. The van der Waals surface area contributed by atoms with Crippen molar-refractivity contribution >= 4 is 11.6 Å². The van der Waals surface area contributed by atoms with E-state index in [-0.39, 0.29) is 5.91 Å². The van der Waals surface area contributed by atoms with Gasteiger partial charge in [0.2, 0.25) is 0 Å². The number of amides is 1. The Morgan fingerprint density at radius 1 is 1.38 bits per heavy atom. The maximum atomic E-state index is 11.7. The molecule has 1 amide bonds. The van der Waals surface area contributed by atoms with Crippen LogP contribution in [0.5, 0.6) is 5.75 Å². The van der Waals surface area contributed by atoms with Gasteiger partial charge in [0.1, 0.15) is 11.5 Å². The van der Waals surface area contributed by atoms with E-state index in [9.17, 15) is 4.79 Å². The summed E-state index contributed by atoms with van der Waals surface area (Å²) < 4.78 is 5.69. The van der Waals surface area contributed by atoms with Gasteiger partial charge in [-0.25, -0.2) is 5.43 Å². The van der Waals surface area contributed by atoms with E-state index in [1.807, 2.05) is 36.2 Å². The summed E-state index contributed by atoms with van der Waals surface area (Å²) in [5.74, 6) is 1.27. The van der Waals surface area contributed by atoms with Crippen LogP contribution in [0.3, 0.4) is 0 Å². The van der Waals surface area contributed by atoms with Gasteiger partial charge < -0.3 is 9.64 Å². The molecule has 1 aromatic carbocycles. The fourth-order valence-corrected chi connectivity index (χ4v) is 1.97. The van der Waals surface area contributed by atoms with Gasteiger partial charge in [0.05, 0.1) is 12.2 Å². The lowest BCUT2D eigenvalue weighted by atomic mass is 10.2. The predicted molar refractivity (Wildman–Crippen MR) is 58.6 cm³/mol. The standard InChI is InChI=1S/C11H11N3O2/c1-14-7-4-2-3-5-8(7)16-9-6-12-13-11(15)10(9)14/h2-5,12H,6H2,1H3,(H,13,15). The SMILES string of the molecule is CN1C2=C(CNNC2=O)Oc2ccccc21. The number of anilines is 1. The quantitative estimate of drug-likeness (QED) is 0.659. The van der Waals surface area contributed by atoms with Crippen LogP contribution in [0, 0.1) is 0 Å². The minimum Gasteiger partial charge on any atom is -0.456 e. The van der Waals surface area contributed by atoms with Crippen LogP contribution in [-0.4, -0.2) is 19.5 Å². The van der Waals surface area contributed by atoms with Gasteiger partial charge in [0.15, 0.2) is 5.75 Å². The minimum atomic E-state index is -0.168. The third-order valence-corrected chi connectivity index (χ3v) is 2.73. The lowest BCUT2D eigenvalue weighted by Gasteiger charge is -2.33. The minimum absolute atomic E-state index is 0.168. The lowest BCUT2D eigenvalue weighted by Crippen LogP contribution is -2.50. The molecule has 5 heteroatoms. The number of carbonyl (C=O) groups is 1. The van der Waals surface area contributed by atoms with Crippen LogP contribution >= 0.6 is 0 Å². The number of likely N-dealkylation sites (N-methyl/N-ethyl adjacent to an activating group) is 1. The first-order valence-electron chi connectivity index (χ1n) is 5.04. The topological polar surface area (TPSA) is 53.6 Å². The predicted octanol–water partition coefficient (Wildman–Crippen LogP) is 0.361. The first-order valence-corrected chi connectivity index (χ1v) is 5.04. The van der Waals surface area contributed by atoms with E-state index >= 15 is 0 Å². The summed E-state index contributed by atoms with van der Waals surface area (Å²) in [6.07, 6.45) is 0. The van der Waals surface area contributed by atoms with Gasteiger partial charge in [-0.15, -0.1) is 0 Å². The molecule has 3 rings (SSSR count). The third-order valence-electron chi connectivity index (χ3n) is 2.73. The Morgan fingerprint density at radius 3 is 3.06 bits per heavy atom. The van der Waals surface area contributed by atoms with Crippen molar-refractivity contribution in [2.45, 2.75) is 0 Å². The third kappa shape index (κ3) is 1.18. The number of nitrogens with zero attached hydrogens (tertiary/aromatic N) is 1. The number of nitrogens with one attached hydrogen (secondary N) is 2. The van der Waals surface area contributed by atoms with Gasteiger partial charge in [-0.1, -0.05) is 12.1 Å². The maximum Gasteiger partial charge on any atom is 0.285 e. The molecule has 16 heavy (non-hydrogen) atoms. The van der Waals surface area contributed by atoms with E-state index in [2.05, 4.69) is 10.9 Å². The normalized spacial score (nSPS) is 18.6. The lowest BCUT2D eigenvalue weighted by molar-refractivity contribution is -0.119. The number of fused-ring (bicyclic) bond motifs is 1. The molecule has 0 aromatic heterocycles. The van der Waals surface area contributed by atoms with Gasteiger partial charge in [0.25, 0.3) is 5.91 Å². The van der Waals surface area contributed by atoms with E-state index in [0.29, 0.717) is 18.0 Å². The molecule has 0 spiro atoms. The summed E-state index contributed by atoms with van der Waals surface area (Å²) in [4.78, 5) is 13.5. The van der Waals surface area contributed by atoms with Crippen LogP contribution in [0.2, 0.25) is 0 Å². The molecule has 5 nitrogen and oxygen atoms in total. The van der Waals surface area contributed by atoms with Crippen LogP contribution in [0.4, 0.5) is 5.69 Å². The molecule has 2 aliphatic heterocycles. The van der Waals surface area contributed by atoms with E-state index in [0.717, 1.165) is 11.4 Å². The molecule has 0 bridgehead atoms. The second-order valence-corrected chi connectivity index (χ2v) is 3.71. The maximum absolute atomic E-state index is 11.7. The molecule has 0 aliphatic carbocycles. The summed E-state index contributed by atoms with van der Waals surface area (Å²) >= 11 is 0. The van der Waals surface area contributed by atoms with Crippen LogP contribution < -0.4 is 20.5 Å². The summed E-state index contributed by atoms with van der Waals surface area (Å²) in [6.45, 7) is 0.500. The molecule has 2 N–H and O–H groups in total. The van der Waals surface area contributed by atoms with E-state index in [4.69, 9.17) is 4.74 Å². The highest BCUT2D eigenvalue weighted by Crippen LogP contribution is 2.36. The van der Waals surface area contributed by atoms with Crippen LogP contribution in [-0.2, 0) is 4.79 Å². The van der Waals surface area contributed by atoms with E-state index in [1.54, 1.807) is 0 Å². The summed E-state index contributed by atoms with van der Waals surface area (Å²) in [6, 6.07) is 7.65. The molecule has 0 radical (unpaired) electrons. The second-order valence-electron chi connectivity index (χ2n) is 3.71. The van der Waals surface area contributed by atoms with Crippen molar-refractivity contribution in [2.24, 2.45) is 0 Å². The number of para-hydroxylation sites is 2. The zero-order chi connectivity index (χ0) is 11.1. The Kier molecular flexibility index (Phi) is 1.87. The monoisotopic (exact) mass is 217 g/mol. The first-order chi connectivity index (χ1) is 7.77. The smallest absolute Gasteiger partial charge is 0.285 e. The Hall–Kier alpha value is -2.01. The second kappa shape index (κ2) is 3.24. The molecular weight excluding hydrogens is 206 g/mol. The number of ether oxygens (including phenoxy) is 1. The molecule has 0 saturated heterocycles. The molecule has 0 saturated carbocycles. The number of carbonyl (C=O) groups excluding carboxylic acids is 1. The highest BCUT2D eigenvalue weighted by atomic mass is 16.5. The number of benzene rings is 1. The average molecular weight is 217 g/mol. The average Bonchev–Trinajstić information content (AvgIpc) is 2.29. The molecular formula is C11H11N3O2. The van der Waals surface area contributed by atoms with E-state index in [1.165, 1.54) is 0 Å². The number of rotatable bonds is 0. The van der Waals surface area contributed by atoms with Crippen molar-refractivity contribution in [2.75, 3.05) is 18.5 Å². The number of hydrogen-bond donors (Lipinski definition) is 2. The Morgan fingerprint density at radius 2 is 2.19 bits per heavy atom. The van der Waals surface area contributed by atoms with Crippen LogP contribution in [0.15, 0.2) is 35.7 Å². The van der Waals surface area contributed by atoms with E-state index < -0.39 is 0 Å². The van der Waals surface area contributed by atoms with Crippen LogP contribution in [0.1, 0.15) is 0 Å². The Bertz CT molecular complexity index is 496. The van der Waals surface area contributed by atoms with Gasteiger partial charge in [-0.05, 0) is 12.1 Å². The van der Waals surface area contributed by atoms with Crippen molar-refractivity contribution in [1.29, 1.82) is 0 Å². The highest BCUT2D eigenvalue weighted by Gasteiger charge is 2.31. The van der Waals surface area contributed by atoms with Crippen molar-refractivity contribution < 1.29 is 9.53 Å². The fourth-order valence-electron chi connectivity index (χ4n) is 1.97. The summed E-state index contributed by atoms with van der Waals surface area (Å²) in [7, 11) is 1.86. The van der Waals surface area contributed by atoms with Crippen LogP contribution in [0.25, 0.3) is 0 Å². The molecule has 82 valence electrons. The van der Waals surface area contributed by atoms with Gasteiger partial charge in [-0.3, -0.25) is 10.2 Å². The highest BCUT2D eigenvalue weighted by molar-refractivity contribution is 5.99. The zero-order valence-electron chi connectivity index (χ0n) is 8.78. The number of hydrogen-bond acceptors (Lipinski definition) is 4. The van der Waals surface area contributed by atoms with Crippen molar-refractivity contribution in [3.8, 4) is 5.75 Å². The molecule has 2 heterocycles.